The number of benzene rings is 2. The van der Waals surface area contributed by atoms with E-state index in [0.29, 0.717) is 35.0 Å². The predicted octanol–water partition coefficient (Wildman–Crippen LogP) is 4.78. The monoisotopic (exact) mass is 709 g/mol. The Kier molecular flexibility index (Phi) is 11.8. The lowest BCUT2D eigenvalue weighted by molar-refractivity contribution is -0.140. The maximum atomic E-state index is 14.0. The van der Waals surface area contributed by atoms with Crippen LogP contribution < -0.4 is 20.7 Å². The van der Waals surface area contributed by atoms with Gasteiger partial charge in [-0.05, 0) is 74.9 Å². The average molecular weight is 710 g/mol. The van der Waals surface area contributed by atoms with E-state index in [1.54, 1.807) is 24.3 Å². The smallest absolute Gasteiger partial charge is 0.406 e. The quantitative estimate of drug-likeness (QED) is 0.228. The second kappa shape index (κ2) is 15.9. The second-order valence-electron chi connectivity index (χ2n) is 13.3. The van der Waals surface area contributed by atoms with Crippen molar-refractivity contribution in [3.63, 3.8) is 0 Å². The SMILES string of the molecule is CNC(=O)c1ccc(NCC#Cc2cc(C(=O)N[C@H]3CCN(C4CC(C)OC(C)C4)C[C@H](C)C3[Si])c3ncn(CC(F)(F)F)c3c2)c(OC)c1. The normalized spacial score (nSPS) is 24.5. The summed E-state index contributed by atoms with van der Waals surface area (Å²) in [5, 5.41) is 8.88. The zero-order chi connectivity index (χ0) is 36.2. The molecule has 0 aliphatic carbocycles. The van der Waals surface area contributed by atoms with Gasteiger partial charge < -0.3 is 30.0 Å². The fourth-order valence-electron chi connectivity index (χ4n) is 7.00. The number of carbonyl (C=O) groups excluding carboxylic acids is 2. The minimum atomic E-state index is -4.49. The third kappa shape index (κ3) is 8.99. The Labute approximate surface area is 294 Å². The standard InChI is InChI=1S/C36H44F3N6O4Si/c1-21-18-44(26-13-22(2)49-23(3)14-26)12-10-29(33(21)50)43-35(47)27-15-24(16-30-32(27)42-20-45(30)19-36(37,38)39)7-6-11-41-28-9-8-25(34(46)40-4)17-31(28)48-5/h8-9,15-17,20-23,26,29,33,41H,10-14,18-19H2,1-5H3,(H,40,46)(H,43,47)/t21-,22?,23?,26?,29-,33?/m0/s1. The van der Waals surface area contributed by atoms with Crippen molar-refractivity contribution in [2.45, 2.75) is 82.6 Å². The minimum absolute atomic E-state index is 0.0200. The molecule has 2 fully saturated rings. The number of nitrogens with zero attached hydrogens (tertiary/aromatic N) is 3. The van der Waals surface area contributed by atoms with E-state index in [9.17, 15) is 22.8 Å². The number of amides is 2. The number of carbonyl (C=O) groups is 2. The van der Waals surface area contributed by atoms with Crippen molar-refractivity contribution in [2.75, 3.05) is 39.1 Å². The van der Waals surface area contributed by atoms with E-state index in [1.165, 1.54) is 20.2 Å². The first-order valence-electron chi connectivity index (χ1n) is 16.9. The number of nitrogens with one attached hydrogen (secondary N) is 3. The maximum absolute atomic E-state index is 14.0. The Morgan fingerprint density at radius 2 is 1.86 bits per heavy atom. The molecule has 14 heteroatoms. The summed E-state index contributed by atoms with van der Waals surface area (Å²) in [6.07, 6.45) is -0.384. The molecule has 50 heavy (non-hydrogen) atoms. The molecule has 1 aromatic heterocycles. The highest BCUT2D eigenvalue weighted by atomic mass is 28.1. The molecular weight excluding hydrogens is 666 g/mol. The van der Waals surface area contributed by atoms with Crippen molar-refractivity contribution in [1.82, 2.24) is 25.1 Å². The van der Waals surface area contributed by atoms with E-state index in [0.717, 1.165) is 36.8 Å². The Morgan fingerprint density at radius 3 is 2.54 bits per heavy atom. The van der Waals surface area contributed by atoms with Gasteiger partial charge in [0.25, 0.3) is 11.8 Å². The number of ether oxygens (including phenoxy) is 2. The molecule has 0 spiro atoms. The van der Waals surface area contributed by atoms with E-state index >= 15 is 0 Å². The lowest BCUT2D eigenvalue weighted by Gasteiger charge is -2.39. The summed E-state index contributed by atoms with van der Waals surface area (Å²) in [5.41, 5.74) is 1.89. The molecule has 0 bridgehead atoms. The summed E-state index contributed by atoms with van der Waals surface area (Å²) in [4.78, 5) is 32.7. The number of anilines is 1. The van der Waals surface area contributed by atoms with E-state index in [-0.39, 0.29) is 58.8 Å². The van der Waals surface area contributed by atoms with Crippen molar-refractivity contribution >= 4 is 38.8 Å². The van der Waals surface area contributed by atoms with Crippen LogP contribution in [-0.2, 0) is 11.3 Å². The van der Waals surface area contributed by atoms with Crippen molar-refractivity contribution in [3.05, 3.63) is 53.3 Å². The van der Waals surface area contributed by atoms with Gasteiger partial charge in [0, 0.05) is 53.6 Å². The average Bonchev–Trinajstić information content (AvgIpc) is 3.40. The fraction of sp³-hybridized carbons (Fsp3) is 0.528. The second-order valence-corrected chi connectivity index (χ2v) is 13.9. The number of fused-ring (bicyclic) bond motifs is 1. The molecule has 3 heterocycles. The molecule has 0 saturated carbocycles. The zero-order valence-corrected chi connectivity index (χ0v) is 30.0. The first kappa shape index (κ1) is 37.2. The van der Waals surface area contributed by atoms with Gasteiger partial charge >= 0.3 is 6.18 Å². The highest BCUT2D eigenvalue weighted by Crippen LogP contribution is 2.32. The lowest BCUT2D eigenvalue weighted by Crippen LogP contribution is -2.45. The molecule has 3 N–H and O–H groups in total. The van der Waals surface area contributed by atoms with Crippen molar-refractivity contribution in [1.29, 1.82) is 0 Å². The topological polar surface area (TPSA) is 110 Å². The van der Waals surface area contributed by atoms with Crippen LogP contribution in [-0.4, -0.2) is 101 Å². The Morgan fingerprint density at radius 1 is 1.12 bits per heavy atom. The predicted molar refractivity (Wildman–Crippen MR) is 187 cm³/mol. The maximum Gasteiger partial charge on any atom is 0.406 e. The third-order valence-electron chi connectivity index (χ3n) is 9.41. The van der Waals surface area contributed by atoms with E-state index in [1.807, 2.05) is 0 Å². The Bertz CT molecular complexity index is 1740. The third-order valence-corrected chi connectivity index (χ3v) is 10.4. The molecule has 2 aromatic carbocycles. The fourth-order valence-corrected chi connectivity index (χ4v) is 7.36. The molecule has 2 saturated heterocycles. The summed E-state index contributed by atoms with van der Waals surface area (Å²) in [6.45, 7) is 6.96. The first-order chi connectivity index (χ1) is 23.8. The van der Waals surface area contributed by atoms with Crippen LogP contribution in [0.15, 0.2) is 36.7 Å². The van der Waals surface area contributed by atoms with Gasteiger partial charge in [0.2, 0.25) is 0 Å². The van der Waals surface area contributed by atoms with Gasteiger partial charge in [-0.2, -0.15) is 13.2 Å². The number of likely N-dealkylation sites (tertiary alicyclic amines) is 1. The molecule has 2 aliphatic rings. The Balaban J connectivity index is 1.37. The Hall–Kier alpha value is -4.06. The van der Waals surface area contributed by atoms with E-state index in [2.05, 4.69) is 68.7 Å². The van der Waals surface area contributed by atoms with Crippen molar-refractivity contribution in [3.8, 4) is 17.6 Å². The lowest BCUT2D eigenvalue weighted by atomic mass is 9.97. The minimum Gasteiger partial charge on any atom is -0.495 e. The number of imidazole rings is 1. The number of halogens is 3. The zero-order valence-electron chi connectivity index (χ0n) is 29.0. The van der Waals surface area contributed by atoms with E-state index in [4.69, 9.17) is 9.47 Å². The molecule has 267 valence electrons. The number of hydrogen-bond acceptors (Lipinski definition) is 7. The number of hydrogen-bond donors (Lipinski definition) is 3. The van der Waals surface area contributed by atoms with Crippen LogP contribution >= 0.6 is 0 Å². The van der Waals surface area contributed by atoms with Crippen LogP contribution in [0.4, 0.5) is 18.9 Å². The summed E-state index contributed by atoms with van der Waals surface area (Å²) in [6, 6.07) is 8.22. The molecule has 3 aromatic rings. The highest BCUT2D eigenvalue weighted by molar-refractivity contribution is 6.13. The molecule has 5 atom stereocenters. The number of rotatable bonds is 8. The van der Waals surface area contributed by atoms with Crippen LogP contribution in [0.5, 0.6) is 5.75 Å². The molecular formula is C36H44F3N6O4Si. The van der Waals surface area contributed by atoms with Crippen LogP contribution in [0, 0.1) is 17.8 Å². The summed E-state index contributed by atoms with van der Waals surface area (Å²) in [5.74, 6) is 5.97. The van der Waals surface area contributed by atoms with Crippen LogP contribution in [0.25, 0.3) is 11.0 Å². The van der Waals surface area contributed by atoms with E-state index < -0.39 is 18.6 Å². The summed E-state index contributed by atoms with van der Waals surface area (Å²) < 4.78 is 52.8. The molecule has 10 nitrogen and oxygen atoms in total. The van der Waals surface area contributed by atoms with Crippen LogP contribution in [0.1, 0.15) is 66.3 Å². The molecule has 2 amide bonds. The first-order valence-corrected chi connectivity index (χ1v) is 17.4. The van der Waals surface area contributed by atoms with Gasteiger partial charge in [-0.25, -0.2) is 4.98 Å². The van der Waals surface area contributed by atoms with Crippen molar-refractivity contribution in [2.24, 2.45) is 5.92 Å². The summed E-state index contributed by atoms with van der Waals surface area (Å²) >= 11 is 0. The summed E-state index contributed by atoms with van der Waals surface area (Å²) in [7, 11) is 6.96. The van der Waals surface area contributed by atoms with Crippen molar-refractivity contribution < 1.29 is 32.2 Å². The van der Waals surface area contributed by atoms with Gasteiger partial charge in [0.05, 0.1) is 49.0 Å². The molecule has 2 aliphatic heterocycles. The van der Waals surface area contributed by atoms with Crippen LogP contribution in [0.3, 0.4) is 0 Å². The van der Waals surface area contributed by atoms with Gasteiger partial charge in [-0.3, -0.25) is 14.5 Å². The van der Waals surface area contributed by atoms with Gasteiger partial charge in [0.1, 0.15) is 17.8 Å². The largest absolute Gasteiger partial charge is 0.495 e. The van der Waals surface area contributed by atoms with Gasteiger partial charge in [-0.15, -0.1) is 0 Å². The molecule has 3 radical (unpaired) electrons. The van der Waals surface area contributed by atoms with Crippen LogP contribution in [0.2, 0.25) is 5.54 Å². The highest BCUT2D eigenvalue weighted by Gasteiger charge is 2.36. The molecule has 5 rings (SSSR count). The molecule has 3 unspecified atom stereocenters. The van der Waals surface area contributed by atoms with Gasteiger partial charge in [0.15, 0.2) is 0 Å². The number of alkyl halides is 3. The number of methoxy groups -OCH3 is 1. The van der Waals surface area contributed by atoms with Gasteiger partial charge in [-0.1, -0.05) is 18.8 Å². The number of aromatic nitrogens is 2.